The summed E-state index contributed by atoms with van der Waals surface area (Å²) in [7, 11) is 0. The Hall–Kier alpha value is -1.50. The highest BCUT2D eigenvalue weighted by molar-refractivity contribution is 7.78. The topological polar surface area (TPSA) is 12.4 Å². The van der Waals surface area contributed by atoms with Gasteiger partial charge in [0.2, 0.25) is 0 Å². The Morgan fingerprint density at radius 2 is 1.87 bits per heavy atom. The van der Waals surface area contributed by atoms with E-state index in [4.69, 9.17) is 0 Å². The standard InChI is InChI=1S/C13H11NS/c1-10(14-9-15)12-7-6-11-4-2-3-5-13(11)8-12/h2-8,10H,1H3. The summed E-state index contributed by atoms with van der Waals surface area (Å²) in [5, 5.41) is 4.91. The van der Waals surface area contributed by atoms with E-state index in [0.717, 1.165) is 0 Å². The third-order valence-electron chi connectivity index (χ3n) is 2.50. The number of hydrogen-bond acceptors (Lipinski definition) is 2. The normalized spacial score (nSPS) is 12.1. The van der Waals surface area contributed by atoms with Crippen molar-refractivity contribution < 1.29 is 0 Å². The van der Waals surface area contributed by atoms with Crippen molar-refractivity contribution in [3.8, 4) is 0 Å². The molecule has 2 aromatic carbocycles. The first kappa shape index (κ1) is 10.0. The molecule has 0 bridgehead atoms. The van der Waals surface area contributed by atoms with E-state index < -0.39 is 0 Å². The quantitative estimate of drug-likeness (QED) is 0.542. The molecule has 0 saturated heterocycles. The zero-order valence-electron chi connectivity index (χ0n) is 8.47. The van der Waals surface area contributed by atoms with Crippen LogP contribution in [0, 0.1) is 0 Å². The zero-order valence-corrected chi connectivity index (χ0v) is 9.29. The first-order valence-electron chi connectivity index (χ1n) is 4.87. The second-order valence-corrected chi connectivity index (χ2v) is 3.69. The van der Waals surface area contributed by atoms with Crippen molar-refractivity contribution in [2.75, 3.05) is 0 Å². The summed E-state index contributed by atoms with van der Waals surface area (Å²) in [4.78, 5) is 4.07. The van der Waals surface area contributed by atoms with E-state index in [9.17, 15) is 0 Å². The molecular formula is C13H11NS. The van der Waals surface area contributed by atoms with E-state index in [1.54, 1.807) is 0 Å². The fourth-order valence-corrected chi connectivity index (χ4v) is 1.78. The number of aliphatic imine (C=N–C) groups is 1. The molecule has 1 atom stereocenters. The van der Waals surface area contributed by atoms with Crippen LogP contribution in [0.5, 0.6) is 0 Å². The average Bonchev–Trinajstić information content (AvgIpc) is 2.29. The maximum absolute atomic E-state index is 4.61. The highest BCUT2D eigenvalue weighted by Gasteiger charge is 2.02. The second-order valence-electron chi connectivity index (χ2n) is 3.50. The molecule has 0 aromatic heterocycles. The Morgan fingerprint density at radius 1 is 1.13 bits per heavy atom. The summed E-state index contributed by atoms with van der Waals surface area (Å²) >= 11 is 4.61. The fraction of sp³-hybridized carbons (Fsp3) is 0.154. The molecule has 0 saturated carbocycles. The van der Waals surface area contributed by atoms with Crippen LogP contribution >= 0.6 is 12.2 Å². The van der Waals surface area contributed by atoms with Crippen LogP contribution in [0.4, 0.5) is 0 Å². The van der Waals surface area contributed by atoms with Gasteiger partial charge < -0.3 is 0 Å². The minimum atomic E-state index is 0.0899. The van der Waals surface area contributed by atoms with Crippen molar-refractivity contribution in [3.05, 3.63) is 48.0 Å². The maximum atomic E-state index is 4.61. The molecule has 0 aliphatic carbocycles. The molecule has 1 unspecified atom stereocenters. The van der Waals surface area contributed by atoms with Gasteiger partial charge in [-0.2, -0.15) is 0 Å². The predicted octanol–water partition coefficient (Wildman–Crippen LogP) is 4.00. The van der Waals surface area contributed by atoms with Gasteiger partial charge in [-0.3, -0.25) is 0 Å². The molecule has 0 heterocycles. The lowest BCUT2D eigenvalue weighted by Gasteiger charge is -2.06. The largest absolute Gasteiger partial charge is 0.225 e. The highest BCUT2D eigenvalue weighted by Crippen LogP contribution is 2.21. The number of rotatable bonds is 2. The molecule has 2 aromatic rings. The summed E-state index contributed by atoms with van der Waals surface area (Å²) in [6.07, 6.45) is 0. The van der Waals surface area contributed by atoms with Crippen LogP contribution < -0.4 is 0 Å². The minimum Gasteiger partial charge on any atom is -0.225 e. The van der Waals surface area contributed by atoms with Crippen molar-refractivity contribution in [3.63, 3.8) is 0 Å². The first-order chi connectivity index (χ1) is 7.31. The van der Waals surface area contributed by atoms with Gasteiger partial charge in [0.1, 0.15) is 0 Å². The van der Waals surface area contributed by atoms with Crippen LogP contribution in [-0.2, 0) is 0 Å². The number of thiocarbonyl (C=S) groups is 1. The number of isothiocyanates is 1. The van der Waals surface area contributed by atoms with Gasteiger partial charge in [-0.15, -0.1) is 0 Å². The van der Waals surface area contributed by atoms with E-state index in [-0.39, 0.29) is 6.04 Å². The summed E-state index contributed by atoms with van der Waals surface area (Å²) < 4.78 is 0. The van der Waals surface area contributed by atoms with Gasteiger partial charge in [-0.1, -0.05) is 36.4 Å². The summed E-state index contributed by atoms with van der Waals surface area (Å²) in [5.74, 6) is 0. The van der Waals surface area contributed by atoms with Crippen molar-refractivity contribution >= 4 is 28.2 Å². The predicted molar refractivity (Wildman–Crippen MR) is 67.4 cm³/mol. The second kappa shape index (κ2) is 4.35. The van der Waals surface area contributed by atoms with Crippen molar-refractivity contribution in [2.45, 2.75) is 13.0 Å². The molecule has 0 spiro atoms. The third kappa shape index (κ3) is 2.12. The number of hydrogen-bond donors (Lipinski definition) is 0. The summed E-state index contributed by atoms with van der Waals surface area (Å²) in [5.41, 5.74) is 1.17. The number of nitrogens with zero attached hydrogens (tertiary/aromatic N) is 1. The highest BCUT2D eigenvalue weighted by atomic mass is 32.1. The van der Waals surface area contributed by atoms with Crippen molar-refractivity contribution in [1.29, 1.82) is 0 Å². The summed E-state index contributed by atoms with van der Waals surface area (Å²) in [6, 6.07) is 14.7. The third-order valence-corrected chi connectivity index (χ3v) is 2.61. The van der Waals surface area contributed by atoms with E-state index in [2.05, 4.69) is 52.7 Å². The first-order valence-corrected chi connectivity index (χ1v) is 5.28. The molecule has 2 heteroatoms. The van der Waals surface area contributed by atoms with Crippen LogP contribution in [-0.4, -0.2) is 5.16 Å². The number of benzene rings is 2. The SMILES string of the molecule is CC(N=C=S)c1ccc2ccccc2c1. The van der Waals surface area contributed by atoms with E-state index in [1.807, 2.05) is 19.1 Å². The average molecular weight is 213 g/mol. The molecular weight excluding hydrogens is 202 g/mol. The molecule has 74 valence electrons. The van der Waals surface area contributed by atoms with Gasteiger partial charge in [-0.05, 0) is 41.5 Å². The van der Waals surface area contributed by atoms with Gasteiger partial charge in [0.25, 0.3) is 0 Å². The lowest BCUT2D eigenvalue weighted by atomic mass is 10.0. The van der Waals surface area contributed by atoms with Gasteiger partial charge >= 0.3 is 0 Å². The van der Waals surface area contributed by atoms with Gasteiger partial charge in [0, 0.05) is 0 Å². The van der Waals surface area contributed by atoms with E-state index in [0.29, 0.717) is 0 Å². The Balaban J connectivity index is 2.51. The molecule has 0 aliphatic heterocycles. The minimum absolute atomic E-state index is 0.0899. The molecule has 0 aliphatic rings. The number of fused-ring (bicyclic) bond motifs is 1. The maximum Gasteiger partial charge on any atom is 0.0824 e. The fourth-order valence-electron chi connectivity index (χ4n) is 1.62. The molecule has 1 nitrogen and oxygen atoms in total. The van der Waals surface area contributed by atoms with Crippen LogP contribution in [0.25, 0.3) is 10.8 Å². The molecule has 0 radical (unpaired) electrons. The monoisotopic (exact) mass is 213 g/mol. The van der Waals surface area contributed by atoms with E-state index in [1.165, 1.54) is 16.3 Å². The van der Waals surface area contributed by atoms with Gasteiger partial charge in [0.15, 0.2) is 0 Å². The van der Waals surface area contributed by atoms with Gasteiger partial charge in [-0.25, -0.2) is 4.99 Å². The molecule has 0 N–H and O–H groups in total. The van der Waals surface area contributed by atoms with Crippen molar-refractivity contribution in [1.82, 2.24) is 0 Å². The van der Waals surface area contributed by atoms with Crippen molar-refractivity contribution in [2.24, 2.45) is 4.99 Å². The van der Waals surface area contributed by atoms with Crippen LogP contribution in [0.15, 0.2) is 47.5 Å². The molecule has 15 heavy (non-hydrogen) atoms. The Morgan fingerprint density at radius 3 is 2.60 bits per heavy atom. The molecule has 2 rings (SSSR count). The Bertz CT molecular complexity index is 527. The smallest absolute Gasteiger partial charge is 0.0824 e. The van der Waals surface area contributed by atoms with Crippen LogP contribution in [0.2, 0.25) is 0 Å². The Labute approximate surface area is 94.5 Å². The van der Waals surface area contributed by atoms with Crippen LogP contribution in [0.1, 0.15) is 18.5 Å². The molecule has 0 amide bonds. The molecule has 0 fully saturated rings. The zero-order chi connectivity index (χ0) is 10.7. The van der Waals surface area contributed by atoms with Crippen LogP contribution in [0.3, 0.4) is 0 Å². The lowest BCUT2D eigenvalue weighted by molar-refractivity contribution is 0.830. The summed E-state index contributed by atoms with van der Waals surface area (Å²) in [6.45, 7) is 2.02. The van der Waals surface area contributed by atoms with Gasteiger partial charge in [0.05, 0.1) is 11.2 Å². The Kier molecular flexibility index (Phi) is 2.91. The van der Waals surface area contributed by atoms with E-state index >= 15 is 0 Å². The lowest BCUT2D eigenvalue weighted by Crippen LogP contribution is -1.88.